The molecule has 206 valence electrons. The van der Waals surface area contributed by atoms with Gasteiger partial charge in [-0.25, -0.2) is 14.6 Å². The van der Waals surface area contributed by atoms with Gasteiger partial charge in [-0.05, 0) is 24.3 Å². The minimum absolute atomic E-state index is 0.00295. The highest BCUT2D eigenvalue weighted by molar-refractivity contribution is 5.96. The molecule has 4 aromatic carbocycles. The number of aromatic carboxylic acids is 1. The van der Waals surface area contributed by atoms with Gasteiger partial charge >= 0.3 is 17.9 Å². The molecule has 0 spiro atoms. The number of para-hydroxylation sites is 2. The maximum atomic E-state index is 11.8. The van der Waals surface area contributed by atoms with Crippen molar-refractivity contribution in [2.75, 3.05) is 0 Å². The summed E-state index contributed by atoms with van der Waals surface area (Å²) in [5, 5.41) is 27.3. The summed E-state index contributed by atoms with van der Waals surface area (Å²) in [6.45, 7) is 0. The van der Waals surface area contributed by atoms with Crippen LogP contribution in [0.15, 0.2) is 114 Å². The molecule has 41 heavy (non-hydrogen) atoms. The molecular formula is C32H25NO8. The van der Waals surface area contributed by atoms with E-state index in [1.165, 1.54) is 30.3 Å². The van der Waals surface area contributed by atoms with Crippen molar-refractivity contribution in [3.8, 4) is 34.1 Å². The second-order valence-electron chi connectivity index (χ2n) is 8.62. The highest BCUT2D eigenvalue weighted by Gasteiger charge is 2.18. The zero-order valence-electron chi connectivity index (χ0n) is 21.6. The highest BCUT2D eigenvalue weighted by Crippen LogP contribution is 2.32. The SMILES string of the molecule is O=C(O)CCc1nc(-c2ccccc2)c(-c2ccccc2)o1.O=C(Oc1ccccc1C(=O)O)c1ccccc1O. The van der Waals surface area contributed by atoms with E-state index in [2.05, 4.69) is 4.98 Å². The Bertz CT molecular complexity index is 1590. The van der Waals surface area contributed by atoms with E-state index in [9.17, 15) is 19.5 Å². The van der Waals surface area contributed by atoms with Crippen molar-refractivity contribution in [3.63, 3.8) is 0 Å². The van der Waals surface area contributed by atoms with E-state index in [0.717, 1.165) is 16.8 Å². The van der Waals surface area contributed by atoms with Gasteiger partial charge in [-0.2, -0.15) is 0 Å². The van der Waals surface area contributed by atoms with Crippen LogP contribution in [-0.4, -0.2) is 38.2 Å². The van der Waals surface area contributed by atoms with E-state index in [-0.39, 0.29) is 35.5 Å². The summed E-state index contributed by atoms with van der Waals surface area (Å²) in [5.74, 6) is -2.04. The number of aryl methyl sites for hydroxylation is 1. The molecule has 0 radical (unpaired) electrons. The number of carbonyl (C=O) groups excluding carboxylic acids is 1. The van der Waals surface area contributed by atoms with Crippen molar-refractivity contribution in [2.24, 2.45) is 0 Å². The molecule has 9 nitrogen and oxygen atoms in total. The number of esters is 1. The molecule has 9 heteroatoms. The Kier molecular flexibility index (Phi) is 9.25. The smallest absolute Gasteiger partial charge is 0.347 e. The third-order valence-corrected chi connectivity index (χ3v) is 5.75. The highest BCUT2D eigenvalue weighted by atomic mass is 16.5. The minimum Gasteiger partial charge on any atom is -0.507 e. The quantitative estimate of drug-likeness (QED) is 0.148. The lowest BCUT2D eigenvalue weighted by atomic mass is 10.1. The molecule has 1 aromatic heterocycles. The van der Waals surface area contributed by atoms with Crippen molar-refractivity contribution < 1.29 is 38.9 Å². The van der Waals surface area contributed by atoms with Crippen LogP contribution in [0.4, 0.5) is 0 Å². The number of carbonyl (C=O) groups is 3. The minimum atomic E-state index is -1.19. The van der Waals surface area contributed by atoms with Crippen LogP contribution in [0.2, 0.25) is 0 Å². The maximum Gasteiger partial charge on any atom is 0.347 e. The van der Waals surface area contributed by atoms with Gasteiger partial charge in [0.2, 0.25) is 0 Å². The predicted octanol–water partition coefficient (Wildman–Crippen LogP) is 6.34. The van der Waals surface area contributed by atoms with Crippen molar-refractivity contribution in [2.45, 2.75) is 12.8 Å². The fourth-order valence-corrected chi connectivity index (χ4v) is 3.80. The molecular weight excluding hydrogens is 526 g/mol. The zero-order valence-corrected chi connectivity index (χ0v) is 21.6. The number of rotatable bonds is 8. The first-order chi connectivity index (χ1) is 19.8. The number of oxazole rings is 1. The molecule has 0 fully saturated rings. The summed E-state index contributed by atoms with van der Waals surface area (Å²) in [4.78, 5) is 38.0. The fraction of sp³-hybridized carbons (Fsp3) is 0.0625. The molecule has 0 unspecified atom stereocenters. The summed E-state index contributed by atoms with van der Waals surface area (Å²) >= 11 is 0. The molecule has 0 aliphatic carbocycles. The van der Waals surface area contributed by atoms with E-state index in [1.807, 2.05) is 60.7 Å². The lowest BCUT2D eigenvalue weighted by Gasteiger charge is -2.07. The summed E-state index contributed by atoms with van der Waals surface area (Å²) in [6, 6.07) is 31.1. The number of hydrogen-bond donors (Lipinski definition) is 3. The number of carboxylic acids is 2. The van der Waals surface area contributed by atoms with Gasteiger partial charge in [-0.1, -0.05) is 84.9 Å². The number of aromatic hydroxyl groups is 1. The predicted molar refractivity (Wildman–Crippen MR) is 150 cm³/mol. The van der Waals surface area contributed by atoms with Crippen molar-refractivity contribution in [3.05, 3.63) is 126 Å². The van der Waals surface area contributed by atoms with Crippen LogP contribution in [-0.2, 0) is 11.2 Å². The third-order valence-electron chi connectivity index (χ3n) is 5.75. The first kappa shape index (κ1) is 28.3. The largest absolute Gasteiger partial charge is 0.507 e. The number of ether oxygens (including phenoxy) is 1. The van der Waals surface area contributed by atoms with E-state index >= 15 is 0 Å². The third kappa shape index (κ3) is 7.45. The topological polar surface area (TPSA) is 147 Å². The number of aliphatic carboxylic acids is 1. The normalized spacial score (nSPS) is 10.2. The van der Waals surface area contributed by atoms with E-state index < -0.39 is 17.9 Å². The molecule has 5 aromatic rings. The van der Waals surface area contributed by atoms with Gasteiger partial charge in [-0.15, -0.1) is 0 Å². The van der Waals surface area contributed by atoms with E-state index in [4.69, 9.17) is 19.4 Å². The number of nitrogens with zero attached hydrogens (tertiary/aromatic N) is 1. The Morgan fingerprint density at radius 2 is 1.27 bits per heavy atom. The number of carboxylic acid groups (broad SMARTS) is 2. The Hall–Kier alpha value is -5.70. The second kappa shape index (κ2) is 13.4. The van der Waals surface area contributed by atoms with Crippen LogP contribution in [0.25, 0.3) is 22.6 Å². The van der Waals surface area contributed by atoms with Gasteiger partial charge < -0.3 is 24.5 Å². The summed E-state index contributed by atoms with van der Waals surface area (Å²) in [6.07, 6.45) is 0.283. The van der Waals surface area contributed by atoms with Crippen molar-refractivity contribution in [1.29, 1.82) is 0 Å². The molecule has 5 rings (SSSR count). The molecule has 1 heterocycles. The number of benzene rings is 4. The van der Waals surface area contributed by atoms with Crippen LogP contribution in [0, 0.1) is 0 Å². The molecule has 0 aliphatic heterocycles. The lowest BCUT2D eigenvalue weighted by Crippen LogP contribution is -2.11. The molecule has 0 amide bonds. The first-order valence-electron chi connectivity index (χ1n) is 12.5. The molecule has 0 bridgehead atoms. The number of phenols is 1. The zero-order chi connectivity index (χ0) is 29.2. The Morgan fingerprint density at radius 3 is 1.88 bits per heavy atom. The molecule has 0 aliphatic rings. The second-order valence-corrected chi connectivity index (χ2v) is 8.62. The summed E-state index contributed by atoms with van der Waals surface area (Å²) < 4.78 is 10.8. The fourth-order valence-electron chi connectivity index (χ4n) is 3.80. The standard InChI is InChI=1S/C18H15NO3.C14H10O5/c20-16(21)12-11-15-19-17(13-7-3-1-4-8-13)18(22-15)14-9-5-2-6-10-14;15-11-7-3-1-5-9(11)14(18)19-12-8-4-2-6-10(12)13(16)17/h1-10H,11-12H2,(H,20,21);1-8,15H,(H,16,17). The van der Waals surface area contributed by atoms with Gasteiger partial charge in [0.15, 0.2) is 11.7 Å². The average molecular weight is 552 g/mol. The van der Waals surface area contributed by atoms with Gasteiger partial charge in [-0.3, -0.25) is 4.79 Å². The van der Waals surface area contributed by atoms with Crippen LogP contribution >= 0.6 is 0 Å². The Morgan fingerprint density at radius 1 is 0.707 bits per heavy atom. The van der Waals surface area contributed by atoms with Gasteiger partial charge in [0.25, 0.3) is 0 Å². The van der Waals surface area contributed by atoms with Gasteiger partial charge in [0, 0.05) is 17.5 Å². The van der Waals surface area contributed by atoms with Crippen molar-refractivity contribution in [1.82, 2.24) is 4.98 Å². The summed E-state index contributed by atoms with van der Waals surface area (Å²) in [5.41, 5.74) is 2.48. The average Bonchev–Trinajstić information content (AvgIpc) is 3.42. The molecule has 0 saturated heterocycles. The van der Waals surface area contributed by atoms with Gasteiger partial charge in [0.1, 0.15) is 28.3 Å². The first-order valence-corrected chi connectivity index (χ1v) is 12.5. The van der Waals surface area contributed by atoms with Crippen molar-refractivity contribution >= 4 is 17.9 Å². The monoisotopic (exact) mass is 551 g/mol. The maximum absolute atomic E-state index is 11.8. The number of aromatic nitrogens is 1. The van der Waals surface area contributed by atoms with E-state index in [0.29, 0.717) is 11.7 Å². The number of hydrogen-bond acceptors (Lipinski definition) is 7. The molecule has 3 N–H and O–H groups in total. The Balaban J connectivity index is 0.000000191. The molecule has 0 atom stereocenters. The van der Waals surface area contributed by atoms with Crippen LogP contribution in [0.5, 0.6) is 11.5 Å². The molecule has 0 saturated carbocycles. The number of phenolic OH excluding ortho intramolecular Hbond substituents is 1. The summed E-state index contributed by atoms with van der Waals surface area (Å²) in [7, 11) is 0. The Labute approximate surface area is 234 Å². The van der Waals surface area contributed by atoms with Gasteiger partial charge in [0.05, 0.1) is 6.42 Å². The van der Waals surface area contributed by atoms with Crippen LogP contribution in [0.1, 0.15) is 33.0 Å². The van der Waals surface area contributed by atoms with E-state index in [1.54, 1.807) is 18.2 Å². The lowest BCUT2D eigenvalue weighted by molar-refractivity contribution is -0.137. The van der Waals surface area contributed by atoms with Crippen LogP contribution in [0.3, 0.4) is 0 Å². The van der Waals surface area contributed by atoms with Crippen LogP contribution < -0.4 is 4.74 Å².